The Balaban J connectivity index is 2.44. The first-order valence-electron chi connectivity index (χ1n) is 6.19. The smallest absolute Gasteiger partial charge is 0.352 e. The maximum absolute atomic E-state index is 12.6. The van der Waals surface area contributed by atoms with E-state index in [4.69, 9.17) is 5.11 Å². The largest absolute Gasteiger partial charge is 0.477 e. The Morgan fingerprint density at radius 1 is 1.24 bits per heavy atom. The van der Waals surface area contributed by atoms with Crippen LogP contribution in [0.25, 0.3) is 0 Å². The third-order valence-electron chi connectivity index (χ3n) is 3.48. The third kappa shape index (κ3) is 2.83. The van der Waals surface area contributed by atoms with Gasteiger partial charge in [0, 0.05) is 24.3 Å². The zero-order valence-corrected chi connectivity index (χ0v) is 13.2. The number of carbonyl (C=O) groups is 1. The van der Waals surface area contributed by atoms with Gasteiger partial charge in [-0.1, -0.05) is 0 Å². The van der Waals surface area contributed by atoms with Crippen molar-refractivity contribution in [3.63, 3.8) is 0 Å². The molecule has 0 bridgehead atoms. The van der Waals surface area contributed by atoms with Gasteiger partial charge in [-0.2, -0.15) is 4.31 Å². The molecule has 0 amide bonds. The van der Waals surface area contributed by atoms with Crippen molar-refractivity contribution in [1.29, 1.82) is 0 Å². The van der Waals surface area contributed by atoms with Crippen LogP contribution in [0.15, 0.2) is 4.90 Å². The molecule has 0 spiro atoms. The van der Waals surface area contributed by atoms with Crippen molar-refractivity contribution in [3.8, 4) is 0 Å². The minimum Gasteiger partial charge on any atom is -0.477 e. The van der Waals surface area contributed by atoms with E-state index in [1.54, 1.807) is 0 Å². The fourth-order valence-corrected chi connectivity index (χ4v) is 5.68. The van der Waals surface area contributed by atoms with Crippen molar-refractivity contribution in [3.05, 3.63) is 17.0 Å². The van der Waals surface area contributed by atoms with Gasteiger partial charge < -0.3 is 10.1 Å². The van der Waals surface area contributed by atoms with Crippen molar-refractivity contribution >= 4 is 25.8 Å². The number of sulfonamides is 1. The summed E-state index contributed by atoms with van der Waals surface area (Å²) in [6.45, 7) is 2.67. The van der Waals surface area contributed by atoms with Gasteiger partial charge in [0.05, 0.1) is 11.5 Å². The summed E-state index contributed by atoms with van der Waals surface area (Å²) < 4.78 is 49.0. The number of hydrogen-bond acceptors (Lipinski definition) is 5. The minimum absolute atomic E-state index is 0.0841. The van der Waals surface area contributed by atoms with E-state index in [0.29, 0.717) is 0 Å². The average Bonchev–Trinajstić information content (AvgIpc) is 2.64. The zero-order chi connectivity index (χ0) is 16.0. The Kier molecular flexibility index (Phi) is 3.89. The number of hydrogen-bond donors (Lipinski definition) is 2. The van der Waals surface area contributed by atoms with E-state index in [0.717, 1.165) is 4.31 Å². The number of rotatable bonds is 3. The molecule has 1 saturated heterocycles. The van der Waals surface area contributed by atoms with Gasteiger partial charge in [0.15, 0.2) is 9.84 Å². The number of nitrogens with zero attached hydrogens (tertiary/aromatic N) is 1. The van der Waals surface area contributed by atoms with Crippen LogP contribution in [0, 0.1) is 13.8 Å². The van der Waals surface area contributed by atoms with Crippen LogP contribution in [0.1, 0.15) is 21.7 Å². The van der Waals surface area contributed by atoms with Gasteiger partial charge in [0.1, 0.15) is 10.6 Å². The molecule has 1 aromatic heterocycles. The third-order valence-corrected chi connectivity index (χ3v) is 7.27. The van der Waals surface area contributed by atoms with Crippen molar-refractivity contribution < 1.29 is 26.7 Å². The summed E-state index contributed by atoms with van der Waals surface area (Å²) in [6.07, 6.45) is 0. The monoisotopic (exact) mass is 336 g/mol. The first-order chi connectivity index (χ1) is 9.56. The number of sulfone groups is 1. The summed E-state index contributed by atoms with van der Waals surface area (Å²) in [5, 5.41) is 9.03. The van der Waals surface area contributed by atoms with Crippen LogP contribution < -0.4 is 0 Å². The summed E-state index contributed by atoms with van der Waals surface area (Å²) >= 11 is 0. The molecule has 0 unspecified atom stereocenters. The number of H-pyrrole nitrogens is 1. The highest BCUT2D eigenvalue weighted by Gasteiger charge is 2.35. The Morgan fingerprint density at radius 3 is 2.19 bits per heavy atom. The maximum Gasteiger partial charge on any atom is 0.352 e. The second-order valence-corrected chi connectivity index (χ2v) is 9.12. The topological polar surface area (TPSA) is 125 Å². The Hall–Kier alpha value is -1.39. The van der Waals surface area contributed by atoms with Crippen molar-refractivity contribution in [2.75, 3.05) is 24.6 Å². The van der Waals surface area contributed by atoms with Crippen molar-refractivity contribution in [1.82, 2.24) is 9.29 Å². The van der Waals surface area contributed by atoms with E-state index in [2.05, 4.69) is 4.98 Å². The van der Waals surface area contributed by atoms with E-state index >= 15 is 0 Å². The predicted molar refractivity (Wildman–Crippen MR) is 74.6 cm³/mol. The summed E-state index contributed by atoms with van der Waals surface area (Å²) in [7, 11) is -7.11. The first kappa shape index (κ1) is 16.0. The number of aryl methyl sites for hydroxylation is 1. The van der Waals surface area contributed by atoms with E-state index in [-0.39, 0.29) is 46.4 Å². The van der Waals surface area contributed by atoms with E-state index < -0.39 is 25.8 Å². The molecule has 10 heteroatoms. The molecule has 2 rings (SSSR count). The second kappa shape index (κ2) is 5.11. The highest BCUT2D eigenvalue weighted by Crippen LogP contribution is 2.27. The Bertz CT molecular complexity index is 777. The summed E-state index contributed by atoms with van der Waals surface area (Å²) in [4.78, 5) is 13.5. The molecule has 8 nitrogen and oxygen atoms in total. The van der Waals surface area contributed by atoms with Crippen LogP contribution in [-0.4, -0.2) is 61.8 Å². The molecule has 118 valence electrons. The number of carboxylic acid groups (broad SMARTS) is 1. The molecule has 21 heavy (non-hydrogen) atoms. The predicted octanol–water partition coefficient (Wildman–Crippen LogP) is -0.251. The molecule has 1 aromatic rings. The number of nitrogens with one attached hydrogen (secondary N) is 1. The molecule has 0 saturated carbocycles. The Labute approximate surface area is 122 Å². The lowest BCUT2D eigenvalue weighted by molar-refractivity contribution is 0.0690. The molecular formula is C11H16N2O6S2. The lowest BCUT2D eigenvalue weighted by Gasteiger charge is -2.26. The molecule has 0 aliphatic carbocycles. The number of carboxylic acids is 1. The summed E-state index contributed by atoms with van der Waals surface area (Å²) in [5.41, 5.74) is 0.197. The molecule has 1 fully saturated rings. The lowest BCUT2D eigenvalue weighted by atomic mass is 10.2. The van der Waals surface area contributed by atoms with Crippen LogP contribution >= 0.6 is 0 Å². The molecule has 1 aliphatic heterocycles. The molecule has 0 aromatic carbocycles. The van der Waals surface area contributed by atoms with Crippen LogP contribution in [-0.2, 0) is 19.9 Å². The fraction of sp³-hybridized carbons (Fsp3) is 0.545. The van der Waals surface area contributed by atoms with Gasteiger partial charge in [-0.05, 0) is 13.8 Å². The standard InChI is InChI=1S/C11H16N2O6S2/c1-7-9(11(14)15)12-8(2)10(7)21(18,19)13-3-5-20(16,17)6-4-13/h12H,3-6H2,1-2H3,(H,14,15). The molecular weight excluding hydrogens is 320 g/mol. The SMILES string of the molecule is Cc1[nH]c(C(=O)O)c(C)c1S(=O)(=O)N1CCS(=O)(=O)CC1. The van der Waals surface area contributed by atoms with Gasteiger partial charge in [-0.3, -0.25) is 0 Å². The van der Waals surface area contributed by atoms with E-state index in [1.807, 2.05) is 0 Å². The van der Waals surface area contributed by atoms with Gasteiger partial charge in [-0.15, -0.1) is 0 Å². The molecule has 2 N–H and O–H groups in total. The summed E-state index contributed by atoms with van der Waals surface area (Å²) in [5.74, 6) is -1.68. The normalized spacial score (nSPS) is 19.5. The fourth-order valence-electron chi connectivity index (χ4n) is 2.40. The van der Waals surface area contributed by atoms with Crippen molar-refractivity contribution in [2.45, 2.75) is 18.7 Å². The maximum atomic E-state index is 12.6. The van der Waals surface area contributed by atoms with Crippen LogP contribution in [0.5, 0.6) is 0 Å². The average molecular weight is 336 g/mol. The van der Waals surface area contributed by atoms with Gasteiger partial charge in [-0.25, -0.2) is 21.6 Å². The van der Waals surface area contributed by atoms with Crippen molar-refractivity contribution in [2.24, 2.45) is 0 Å². The van der Waals surface area contributed by atoms with Crippen LogP contribution in [0.4, 0.5) is 0 Å². The van der Waals surface area contributed by atoms with E-state index in [9.17, 15) is 21.6 Å². The zero-order valence-electron chi connectivity index (χ0n) is 11.6. The van der Waals surface area contributed by atoms with Gasteiger partial charge >= 0.3 is 5.97 Å². The first-order valence-corrected chi connectivity index (χ1v) is 9.45. The van der Waals surface area contributed by atoms with Crippen LogP contribution in [0.2, 0.25) is 0 Å². The van der Waals surface area contributed by atoms with Crippen LogP contribution in [0.3, 0.4) is 0 Å². The number of aromatic carboxylic acids is 1. The lowest BCUT2D eigenvalue weighted by Crippen LogP contribution is -2.43. The molecule has 0 atom stereocenters. The second-order valence-electron chi connectivity index (χ2n) is 4.94. The highest BCUT2D eigenvalue weighted by molar-refractivity contribution is 7.92. The summed E-state index contributed by atoms with van der Waals surface area (Å²) in [6, 6.07) is 0. The molecule has 0 radical (unpaired) electrons. The quantitative estimate of drug-likeness (QED) is 0.784. The highest BCUT2D eigenvalue weighted by atomic mass is 32.2. The number of aromatic nitrogens is 1. The number of aromatic amines is 1. The Morgan fingerprint density at radius 2 is 1.76 bits per heavy atom. The van der Waals surface area contributed by atoms with E-state index in [1.165, 1.54) is 13.8 Å². The van der Waals surface area contributed by atoms with Gasteiger partial charge in [0.2, 0.25) is 10.0 Å². The van der Waals surface area contributed by atoms with Gasteiger partial charge in [0.25, 0.3) is 0 Å². The molecule has 1 aliphatic rings. The minimum atomic E-state index is -3.91. The molecule has 2 heterocycles.